The Bertz CT molecular complexity index is 765. The van der Waals surface area contributed by atoms with E-state index in [4.69, 9.17) is 4.74 Å². The van der Waals surface area contributed by atoms with Gasteiger partial charge < -0.3 is 19.7 Å². The summed E-state index contributed by atoms with van der Waals surface area (Å²) in [4.78, 5) is 11.8. The molecule has 0 saturated heterocycles. The summed E-state index contributed by atoms with van der Waals surface area (Å²) in [5.41, 5.74) is 1.53. The molecule has 1 atom stereocenters. The number of hydrogen-bond acceptors (Lipinski definition) is 4. The van der Waals surface area contributed by atoms with Crippen molar-refractivity contribution >= 4 is 34.6 Å². The number of aliphatic hydroxyl groups is 1. The predicted molar refractivity (Wildman–Crippen MR) is 110 cm³/mol. The average Bonchev–Trinajstić information content (AvgIpc) is 2.63. The third kappa shape index (κ3) is 7.76. The summed E-state index contributed by atoms with van der Waals surface area (Å²) in [7, 11) is 0. The van der Waals surface area contributed by atoms with Crippen molar-refractivity contribution in [2.24, 2.45) is 0 Å². The lowest BCUT2D eigenvalue weighted by Crippen LogP contribution is -2.46. The molecule has 0 aliphatic heterocycles. The number of carbonyl (C=O) groups excluding carboxylic acids is 1. The zero-order valence-corrected chi connectivity index (χ0v) is 16.8. The summed E-state index contributed by atoms with van der Waals surface area (Å²) >= 11 is 2.19. The fourth-order valence-corrected chi connectivity index (χ4v) is 2.83. The number of aliphatic hydroxyl groups excluding tert-OH is 1. The van der Waals surface area contributed by atoms with Crippen LogP contribution in [-0.2, 0) is 16.1 Å². The highest BCUT2D eigenvalue weighted by atomic mass is 127. The van der Waals surface area contributed by atoms with Crippen molar-refractivity contribution in [2.45, 2.75) is 6.54 Å². The van der Waals surface area contributed by atoms with Crippen LogP contribution in [0.25, 0.3) is 6.08 Å². The zero-order valence-electron chi connectivity index (χ0n) is 14.7. The lowest BCUT2D eigenvalue weighted by Gasteiger charge is -2.42. The van der Waals surface area contributed by atoms with Crippen LogP contribution < -0.4 is 0 Å². The van der Waals surface area contributed by atoms with Crippen molar-refractivity contribution in [3.63, 3.8) is 0 Å². The van der Waals surface area contributed by atoms with E-state index in [2.05, 4.69) is 22.6 Å². The highest BCUT2D eigenvalue weighted by molar-refractivity contribution is 14.1. The molecule has 0 heterocycles. The van der Waals surface area contributed by atoms with Crippen LogP contribution in [0.5, 0.6) is 0 Å². The average molecular weight is 485 g/mol. The van der Waals surface area contributed by atoms with Gasteiger partial charge in [0.05, 0.1) is 6.61 Å². The van der Waals surface area contributed by atoms with E-state index in [-0.39, 0.29) is 38.7 Å². The molecular formula is C20H21FINO4. The molecule has 0 radical (unpaired) electrons. The second-order valence-corrected chi connectivity index (χ2v) is 7.31. The second kappa shape index (κ2) is 10.5. The Morgan fingerprint density at radius 3 is 2.44 bits per heavy atom. The fourth-order valence-electron chi connectivity index (χ4n) is 2.47. The van der Waals surface area contributed by atoms with E-state index in [1.54, 1.807) is 12.1 Å². The molecule has 0 aliphatic carbocycles. The number of halogens is 2. The van der Waals surface area contributed by atoms with Gasteiger partial charge in [-0.2, -0.15) is 0 Å². The molecule has 1 N–H and O–H groups in total. The first-order chi connectivity index (χ1) is 12.9. The Labute approximate surface area is 171 Å². The smallest absolute Gasteiger partial charge is 0.330 e. The lowest BCUT2D eigenvalue weighted by atomic mass is 10.2. The maximum absolute atomic E-state index is 12.9. The van der Waals surface area contributed by atoms with Gasteiger partial charge in [-0.3, -0.25) is 0 Å². The van der Waals surface area contributed by atoms with Gasteiger partial charge in [0.25, 0.3) is 0 Å². The van der Waals surface area contributed by atoms with E-state index in [9.17, 15) is 19.5 Å². The third-order valence-corrected chi connectivity index (χ3v) is 4.64. The summed E-state index contributed by atoms with van der Waals surface area (Å²) in [5.74, 6) is -0.930. The summed E-state index contributed by atoms with van der Waals surface area (Å²) < 4.78 is 18.3. The van der Waals surface area contributed by atoms with Crippen LogP contribution in [0.1, 0.15) is 11.1 Å². The van der Waals surface area contributed by atoms with Gasteiger partial charge in [0, 0.05) is 15.2 Å². The first-order valence-electron chi connectivity index (χ1n) is 8.43. The molecule has 0 saturated carbocycles. The second-order valence-electron chi connectivity index (χ2n) is 6.07. The van der Waals surface area contributed by atoms with Gasteiger partial charge in [0.2, 0.25) is 0 Å². The molecule has 27 heavy (non-hydrogen) atoms. The molecule has 5 nitrogen and oxygen atoms in total. The number of nitrogens with zero attached hydrogens (tertiary/aromatic N) is 1. The van der Waals surface area contributed by atoms with Crippen molar-refractivity contribution in [2.75, 3.05) is 26.3 Å². The Morgan fingerprint density at radius 2 is 1.81 bits per heavy atom. The van der Waals surface area contributed by atoms with Gasteiger partial charge in [-0.1, -0.05) is 24.3 Å². The number of benzene rings is 2. The van der Waals surface area contributed by atoms with Gasteiger partial charge in [-0.05, 0) is 58.5 Å². The first kappa shape index (κ1) is 21.5. The topological polar surface area (TPSA) is 69.6 Å². The quantitative estimate of drug-likeness (QED) is 0.194. The van der Waals surface area contributed by atoms with Crippen molar-refractivity contribution in [3.05, 3.63) is 80.3 Å². The molecule has 0 aromatic heterocycles. The van der Waals surface area contributed by atoms with Gasteiger partial charge in [-0.15, -0.1) is 0 Å². The van der Waals surface area contributed by atoms with Crippen LogP contribution in [0.4, 0.5) is 4.39 Å². The summed E-state index contributed by atoms with van der Waals surface area (Å²) in [6.07, 6.45) is 2.75. The van der Waals surface area contributed by atoms with Crippen LogP contribution >= 0.6 is 22.6 Å². The molecule has 7 heteroatoms. The Kier molecular flexibility index (Phi) is 8.36. The van der Waals surface area contributed by atoms with Gasteiger partial charge in [0.1, 0.15) is 32.1 Å². The highest BCUT2D eigenvalue weighted by Gasteiger charge is 2.18. The zero-order chi connectivity index (χ0) is 19.7. The molecule has 2 rings (SSSR count). The van der Waals surface area contributed by atoms with E-state index in [0.29, 0.717) is 5.56 Å². The predicted octanol–water partition coefficient (Wildman–Crippen LogP) is 3.49. The molecular weight excluding hydrogens is 464 g/mol. The van der Waals surface area contributed by atoms with E-state index >= 15 is 0 Å². The molecule has 0 unspecified atom stereocenters. The molecule has 0 spiro atoms. The number of rotatable bonds is 9. The number of ether oxygens (including phenoxy) is 1. The number of hydrogen-bond donors (Lipinski definition) is 1. The first-order valence-corrected chi connectivity index (χ1v) is 9.51. The Morgan fingerprint density at radius 1 is 1.15 bits per heavy atom. The highest BCUT2D eigenvalue weighted by Crippen LogP contribution is 2.15. The van der Waals surface area contributed by atoms with E-state index in [0.717, 1.165) is 9.13 Å². The largest absolute Gasteiger partial charge is 0.632 e. The summed E-state index contributed by atoms with van der Waals surface area (Å²) in [6.45, 7) is -0.0369. The van der Waals surface area contributed by atoms with Gasteiger partial charge >= 0.3 is 5.97 Å². The van der Waals surface area contributed by atoms with Gasteiger partial charge in [0.15, 0.2) is 0 Å². The minimum absolute atomic E-state index is 0.0228. The van der Waals surface area contributed by atoms with Crippen LogP contribution in [0.2, 0.25) is 0 Å². The fraction of sp³-hybridized carbons (Fsp3) is 0.250. The standard InChI is InChI=1S/C20H21FINO4/c21-18-6-1-16(2-7-18)5-10-20(25)27-14-12-23(26,11-13-24)15-17-3-8-19(22)9-4-17/h1-10,24H,11-15H2/b10-5+/t23-/m0/s1. The van der Waals surface area contributed by atoms with Crippen molar-refractivity contribution < 1.29 is 23.7 Å². The Hall–Kier alpha value is -1.81. The van der Waals surface area contributed by atoms with Crippen molar-refractivity contribution in [1.82, 2.24) is 0 Å². The lowest BCUT2D eigenvalue weighted by molar-refractivity contribution is -0.894. The number of quaternary nitrogens is 1. The molecule has 2 aromatic carbocycles. The minimum atomic E-state index is -0.675. The molecule has 0 aliphatic rings. The molecule has 2 aromatic rings. The SMILES string of the molecule is O=C(/C=C/c1ccc(F)cc1)OCC[N@@+]([O-])(CCO)Cc1ccc(I)cc1. The van der Waals surface area contributed by atoms with E-state index < -0.39 is 10.6 Å². The number of carbonyl (C=O) groups is 1. The molecule has 0 bridgehead atoms. The maximum atomic E-state index is 12.9. The monoisotopic (exact) mass is 485 g/mol. The Balaban J connectivity index is 1.86. The summed E-state index contributed by atoms with van der Waals surface area (Å²) in [6, 6.07) is 13.3. The normalized spacial score (nSPS) is 13.5. The maximum Gasteiger partial charge on any atom is 0.330 e. The third-order valence-electron chi connectivity index (χ3n) is 3.92. The van der Waals surface area contributed by atoms with Crippen molar-refractivity contribution in [1.29, 1.82) is 0 Å². The number of esters is 1. The van der Waals surface area contributed by atoms with E-state index in [1.165, 1.54) is 24.3 Å². The van der Waals surface area contributed by atoms with Crippen molar-refractivity contribution in [3.8, 4) is 0 Å². The summed E-state index contributed by atoms with van der Waals surface area (Å²) in [5, 5.41) is 22.1. The van der Waals surface area contributed by atoms with Crippen LogP contribution in [0, 0.1) is 14.6 Å². The van der Waals surface area contributed by atoms with Crippen LogP contribution in [0.3, 0.4) is 0 Å². The van der Waals surface area contributed by atoms with E-state index in [1.807, 2.05) is 24.3 Å². The van der Waals surface area contributed by atoms with Crippen LogP contribution in [-0.4, -0.2) is 42.0 Å². The minimum Gasteiger partial charge on any atom is -0.632 e. The number of hydroxylamine groups is 3. The molecule has 0 amide bonds. The molecule has 144 valence electrons. The van der Waals surface area contributed by atoms with Crippen LogP contribution in [0.15, 0.2) is 54.6 Å². The molecule has 0 fully saturated rings. The van der Waals surface area contributed by atoms with Gasteiger partial charge in [-0.25, -0.2) is 9.18 Å².